The number of nitrogens with one attached hydrogen (secondary N) is 1. The van der Waals surface area contributed by atoms with Crippen LogP contribution in [0.1, 0.15) is 16.9 Å². The van der Waals surface area contributed by atoms with Crippen molar-refractivity contribution in [2.75, 3.05) is 39.4 Å². The van der Waals surface area contributed by atoms with Crippen molar-refractivity contribution >= 4 is 17.5 Å². The summed E-state index contributed by atoms with van der Waals surface area (Å²) < 4.78 is 6.82. The number of carbonyl (C=O) groups excluding carboxylic acids is 1. The number of carbonyl (C=O) groups is 1. The van der Waals surface area contributed by atoms with Crippen LogP contribution in [0.3, 0.4) is 0 Å². The fourth-order valence-corrected chi connectivity index (χ4v) is 2.77. The van der Waals surface area contributed by atoms with Crippen LogP contribution in [0.5, 0.6) is 0 Å². The molecule has 0 aliphatic carbocycles. The zero-order valence-electron chi connectivity index (χ0n) is 13.3. The normalized spacial score (nSPS) is 15.4. The number of amides is 1. The van der Waals surface area contributed by atoms with E-state index in [2.05, 4.69) is 20.5 Å². The number of hydrogen-bond donors (Lipinski definition) is 1. The topological polar surface area (TPSA) is 72.3 Å². The SMILES string of the molecule is O=C(NCCCN1CCOCC1)c1cn(-c2ccccc2Cl)nn1. The Morgan fingerprint density at radius 3 is 2.88 bits per heavy atom. The molecule has 3 rings (SSSR count). The lowest BCUT2D eigenvalue weighted by atomic mass is 10.3. The van der Waals surface area contributed by atoms with E-state index in [1.165, 1.54) is 4.68 Å². The number of rotatable bonds is 6. The van der Waals surface area contributed by atoms with Crippen molar-refractivity contribution in [2.24, 2.45) is 0 Å². The second-order valence-corrected chi connectivity index (χ2v) is 5.97. The fourth-order valence-electron chi connectivity index (χ4n) is 2.54. The van der Waals surface area contributed by atoms with Gasteiger partial charge < -0.3 is 10.1 Å². The molecule has 8 heteroatoms. The molecule has 2 heterocycles. The van der Waals surface area contributed by atoms with Crippen LogP contribution in [0.25, 0.3) is 5.69 Å². The molecule has 1 amide bonds. The van der Waals surface area contributed by atoms with Gasteiger partial charge in [0.2, 0.25) is 0 Å². The average molecular weight is 350 g/mol. The standard InChI is InChI=1S/C16H20ClN5O2/c17-13-4-1-2-5-15(13)22-12-14(19-20-22)16(23)18-6-3-7-21-8-10-24-11-9-21/h1-2,4-5,12H,3,6-11H2,(H,18,23). The van der Waals surface area contributed by atoms with Crippen molar-refractivity contribution in [3.63, 3.8) is 0 Å². The van der Waals surface area contributed by atoms with E-state index < -0.39 is 0 Å². The maximum Gasteiger partial charge on any atom is 0.273 e. The smallest absolute Gasteiger partial charge is 0.273 e. The summed E-state index contributed by atoms with van der Waals surface area (Å²) in [5.74, 6) is -0.227. The molecule has 128 valence electrons. The van der Waals surface area contributed by atoms with Gasteiger partial charge in [-0.25, -0.2) is 4.68 Å². The molecule has 1 aromatic heterocycles. The molecule has 1 aliphatic heterocycles. The Labute approximate surface area is 145 Å². The van der Waals surface area contributed by atoms with E-state index in [1.807, 2.05) is 18.2 Å². The Bertz CT molecular complexity index is 685. The summed E-state index contributed by atoms with van der Waals surface area (Å²) >= 11 is 6.12. The first kappa shape index (κ1) is 16.9. The molecule has 7 nitrogen and oxygen atoms in total. The summed E-state index contributed by atoms with van der Waals surface area (Å²) in [5.41, 5.74) is 0.972. The van der Waals surface area contributed by atoms with Gasteiger partial charge in [0.1, 0.15) is 0 Å². The van der Waals surface area contributed by atoms with E-state index >= 15 is 0 Å². The molecule has 0 atom stereocenters. The van der Waals surface area contributed by atoms with Crippen molar-refractivity contribution in [3.05, 3.63) is 41.2 Å². The lowest BCUT2D eigenvalue weighted by molar-refractivity contribution is 0.0374. The minimum atomic E-state index is -0.227. The van der Waals surface area contributed by atoms with Crippen molar-refractivity contribution in [1.29, 1.82) is 0 Å². The lowest BCUT2D eigenvalue weighted by Crippen LogP contribution is -2.38. The maximum atomic E-state index is 12.1. The second-order valence-electron chi connectivity index (χ2n) is 5.56. The molecule has 0 unspecified atom stereocenters. The van der Waals surface area contributed by atoms with Gasteiger partial charge in [0.25, 0.3) is 5.91 Å². The minimum Gasteiger partial charge on any atom is -0.379 e. The predicted octanol–water partition coefficient (Wildman–Crippen LogP) is 1.37. The van der Waals surface area contributed by atoms with Crippen LogP contribution >= 0.6 is 11.6 Å². The third-order valence-corrected chi connectivity index (χ3v) is 4.19. The highest BCUT2D eigenvalue weighted by atomic mass is 35.5. The molecule has 1 fully saturated rings. The molecule has 24 heavy (non-hydrogen) atoms. The van der Waals surface area contributed by atoms with E-state index in [0.29, 0.717) is 17.3 Å². The Morgan fingerprint density at radius 1 is 1.29 bits per heavy atom. The molecule has 1 aromatic carbocycles. The Morgan fingerprint density at radius 2 is 2.08 bits per heavy atom. The van der Waals surface area contributed by atoms with Gasteiger partial charge in [-0.2, -0.15) is 0 Å². The van der Waals surface area contributed by atoms with E-state index in [9.17, 15) is 4.79 Å². The van der Waals surface area contributed by atoms with Crippen molar-refractivity contribution in [1.82, 2.24) is 25.2 Å². The van der Waals surface area contributed by atoms with Crippen molar-refractivity contribution < 1.29 is 9.53 Å². The highest BCUT2D eigenvalue weighted by molar-refractivity contribution is 6.32. The zero-order valence-corrected chi connectivity index (χ0v) is 14.1. The Hall–Kier alpha value is -1.96. The molecule has 0 spiro atoms. The zero-order chi connectivity index (χ0) is 16.8. The summed E-state index contributed by atoms with van der Waals surface area (Å²) in [4.78, 5) is 14.5. The van der Waals surface area contributed by atoms with Gasteiger partial charge in [0.15, 0.2) is 5.69 Å². The first-order valence-electron chi connectivity index (χ1n) is 7.99. The summed E-state index contributed by atoms with van der Waals surface area (Å²) in [7, 11) is 0. The van der Waals surface area contributed by atoms with Gasteiger partial charge in [-0.1, -0.05) is 28.9 Å². The summed E-state index contributed by atoms with van der Waals surface area (Å²) in [6.07, 6.45) is 2.48. The molecule has 1 saturated heterocycles. The minimum absolute atomic E-state index is 0.227. The third kappa shape index (κ3) is 4.31. The van der Waals surface area contributed by atoms with Crippen LogP contribution < -0.4 is 5.32 Å². The number of nitrogens with zero attached hydrogens (tertiary/aromatic N) is 4. The molecular formula is C16H20ClN5O2. The number of para-hydroxylation sites is 1. The number of halogens is 1. The van der Waals surface area contributed by atoms with E-state index in [-0.39, 0.29) is 11.6 Å². The van der Waals surface area contributed by atoms with E-state index in [0.717, 1.165) is 39.3 Å². The van der Waals surface area contributed by atoms with Gasteiger partial charge >= 0.3 is 0 Å². The van der Waals surface area contributed by atoms with Crippen LogP contribution in [-0.4, -0.2) is 65.2 Å². The van der Waals surface area contributed by atoms with Crippen molar-refractivity contribution in [3.8, 4) is 5.69 Å². The number of hydrogen-bond acceptors (Lipinski definition) is 5. The molecule has 0 bridgehead atoms. The predicted molar refractivity (Wildman–Crippen MR) is 90.6 cm³/mol. The summed E-state index contributed by atoms with van der Waals surface area (Å²) in [5, 5.41) is 11.3. The van der Waals surface area contributed by atoms with Gasteiger partial charge in [0.05, 0.1) is 30.1 Å². The van der Waals surface area contributed by atoms with Crippen LogP contribution in [0.15, 0.2) is 30.5 Å². The van der Waals surface area contributed by atoms with Crippen molar-refractivity contribution in [2.45, 2.75) is 6.42 Å². The quantitative estimate of drug-likeness (QED) is 0.797. The Balaban J connectivity index is 1.48. The summed E-state index contributed by atoms with van der Waals surface area (Å²) in [6, 6.07) is 7.28. The first-order chi connectivity index (χ1) is 11.7. The fraction of sp³-hybridized carbons (Fsp3) is 0.438. The highest BCUT2D eigenvalue weighted by Gasteiger charge is 2.13. The van der Waals surface area contributed by atoms with Crippen LogP contribution in [0.2, 0.25) is 5.02 Å². The Kier molecular flexibility index (Phi) is 5.79. The summed E-state index contributed by atoms with van der Waals surface area (Å²) in [6.45, 7) is 5.06. The largest absolute Gasteiger partial charge is 0.379 e. The first-order valence-corrected chi connectivity index (χ1v) is 8.37. The van der Waals surface area contributed by atoms with Gasteiger partial charge in [0, 0.05) is 19.6 Å². The lowest BCUT2D eigenvalue weighted by Gasteiger charge is -2.26. The van der Waals surface area contributed by atoms with Crippen LogP contribution in [0, 0.1) is 0 Å². The highest BCUT2D eigenvalue weighted by Crippen LogP contribution is 2.18. The number of benzene rings is 1. The van der Waals surface area contributed by atoms with Crippen LogP contribution in [-0.2, 0) is 4.74 Å². The molecular weight excluding hydrogens is 330 g/mol. The average Bonchev–Trinajstić information content (AvgIpc) is 3.10. The van der Waals surface area contributed by atoms with E-state index in [1.54, 1.807) is 12.3 Å². The number of ether oxygens (including phenoxy) is 1. The number of morpholine rings is 1. The molecule has 0 saturated carbocycles. The molecule has 1 N–H and O–H groups in total. The van der Waals surface area contributed by atoms with Gasteiger partial charge in [-0.3, -0.25) is 9.69 Å². The molecule has 2 aromatic rings. The third-order valence-electron chi connectivity index (χ3n) is 3.87. The maximum absolute atomic E-state index is 12.1. The molecule has 0 radical (unpaired) electrons. The number of aromatic nitrogens is 3. The van der Waals surface area contributed by atoms with Gasteiger partial charge in [-0.05, 0) is 25.1 Å². The molecule has 1 aliphatic rings. The van der Waals surface area contributed by atoms with Gasteiger partial charge in [-0.15, -0.1) is 5.10 Å². The van der Waals surface area contributed by atoms with E-state index in [4.69, 9.17) is 16.3 Å². The second kappa shape index (κ2) is 8.23. The monoisotopic (exact) mass is 349 g/mol. The van der Waals surface area contributed by atoms with Crippen LogP contribution in [0.4, 0.5) is 0 Å².